The van der Waals surface area contributed by atoms with Gasteiger partial charge in [-0.25, -0.2) is 14.8 Å². The largest absolute Gasteiger partial charge is 0.490 e. The lowest BCUT2D eigenvalue weighted by Crippen LogP contribution is -2.28. The van der Waals surface area contributed by atoms with Crippen molar-refractivity contribution in [3.8, 4) is 0 Å². The molecule has 27 heavy (non-hydrogen) atoms. The Morgan fingerprint density at radius 1 is 1.22 bits per heavy atom. The van der Waals surface area contributed by atoms with E-state index in [0.29, 0.717) is 5.92 Å². The number of aliphatic carboxylic acids is 1. The molecule has 2 aliphatic heterocycles. The number of alkyl halides is 3. The van der Waals surface area contributed by atoms with Gasteiger partial charge in [0.25, 0.3) is 0 Å². The van der Waals surface area contributed by atoms with Gasteiger partial charge >= 0.3 is 12.1 Å². The van der Waals surface area contributed by atoms with E-state index in [1.807, 2.05) is 0 Å². The van der Waals surface area contributed by atoms with E-state index in [1.54, 1.807) is 6.33 Å². The van der Waals surface area contributed by atoms with Crippen molar-refractivity contribution in [3.63, 3.8) is 0 Å². The number of halogens is 3. The second kappa shape index (κ2) is 8.52. The van der Waals surface area contributed by atoms with Crippen molar-refractivity contribution in [2.45, 2.75) is 44.2 Å². The first-order chi connectivity index (χ1) is 12.8. The molecular weight excluding hydrogens is 363 g/mol. The molecule has 1 aliphatic carbocycles. The lowest BCUT2D eigenvalue weighted by molar-refractivity contribution is -0.192. The minimum atomic E-state index is -5.08. The van der Waals surface area contributed by atoms with E-state index in [9.17, 15) is 13.2 Å². The molecule has 1 unspecified atom stereocenters. The molecule has 0 bridgehead atoms. The first-order valence-corrected chi connectivity index (χ1v) is 9.27. The van der Waals surface area contributed by atoms with Crippen LogP contribution in [0.2, 0.25) is 0 Å². The van der Waals surface area contributed by atoms with Gasteiger partial charge in [0.15, 0.2) is 0 Å². The molecule has 150 valence electrons. The minimum absolute atomic E-state index is 0.502. The SMILES string of the molecule is O=C(O)C(F)(F)F.c1nc2c(c(C3CCOC3)n1)CCN(CC1CC1)CC2. The van der Waals surface area contributed by atoms with Crippen LogP contribution in [0.3, 0.4) is 0 Å². The number of hydrogen-bond acceptors (Lipinski definition) is 5. The van der Waals surface area contributed by atoms with Crippen LogP contribution in [0.25, 0.3) is 0 Å². The Labute approximate surface area is 155 Å². The van der Waals surface area contributed by atoms with E-state index in [0.717, 1.165) is 38.4 Å². The molecule has 1 saturated heterocycles. The van der Waals surface area contributed by atoms with Gasteiger partial charge in [0, 0.05) is 44.3 Å². The number of hydrogen-bond donors (Lipinski definition) is 1. The summed E-state index contributed by atoms with van der Waals surface area (Å²) in [4.78, 5) is 20.7. The summed E-state index contributed by atoms with van der Waals surface area (Å²) in [6, 6.07) is 0. The fourth-order valence-corrected chi connectivity index (χ4v) is 3.55. The standard InChI is InChI=1S/C16H23N3O.C2HF3O2/c1-2-12(1)9-19-6-3-14-15(4-7-19)17-11-18-16(14)13-5-8-20-10-13;3-2(4,5)1(6)7/h11-13H,1-10H2;(H,6,7). The number of ether oxygens (including phenoxy) is 1. The molecule has 1 saturated carbocycles. The number of fused-ring (bicyclic) bond motifs is 1. The smallest absolute Gasteiger partial charge is 0.475 e. The fourth-order valence-electron chi connectivity index (χ4n) is 3.55. The van der Waals surface area contributed by atoms with Crippen LogP contribution >= 0.6 is 0 Å². The van der Waals surface area contributed by atoms with Gasteiger partial charge in [0.1, 0.15) is 6.33 Å². The fraction of sp³-hybridized carbons (Fsp3) is 0.722. The molecule has 0 spiro atoms. The predicted octanol–water partition coefficient (Wildman–Crippen LogP) is 2.42. The Hall–Kier alpha value is -1.74. The van der Waals surface area contributed by atoms with Crippen molar-refractivity contribution in [1.29, 1.82) is 0 Å². The first-order valence-electron chi connectivity index (χ1n) is 9.27. The molecule has 2 fully saturated rings. The maximum atomic E-state index is 10.6. The van der Waals surface area contributed by atoms with E-state index in [4.69, 9.17) is 14.6 Å². The molecule has 1 aromatic rings. The Morgan fingerprint density at radius 3 is 2.52 bits per heavy atom. The molecule has 0 amide bonds. The minimum Gasteiger partial charge on any atom is -0.475 e. The Kier molecular flexibility index (Phi) is 6.31. The third-order valence-electron chi connectivity index (χ3n) is 5.18. The van der Waals surface area contributed by atoms with E-state index in [-0.39, 0.29) is 0 Å². The Balaban J connectivity index is 0.000000260. The van der Waals surface area contributed by atoms with Gasteiger partial charge in [0.05, 0.1) is 12.3 Å². The molecule has 1 atom stereocenters. The van der Waals surface area contributed by atoms with Gasteiger partial charge in [0.2, 0.25) is 0 Å². The zero-order valence-electron chi connectivity index (χ0n) is 15.0. The number of carboxylic acids is 1. The van der Waals surface area contributed by atoms with Crippen LogP contribution in [-0.4, -0.2) is 65.0 Å². The average molecular weight is 387 g/mol. The summed E-state index contributed by atoms with van der Waals surface area (Å²) in [7, 11) is 0. The highest BCUT2D eigenvalue weighted by Crippen LogP contribution is 2.32. The highest BCUT2D eigenvalue weighted by Gasteiger charge is 2.38. The maximum absolute atomic E-state index is 10.6. The van der Waals surface area contributed by atoms with Crippen LogP contribution in [0.15, 0.2) is 6.33 Å². The summed E-state index contributed by atoms with van der Waals surface area (Å²) < 4.78 is 37.3. The maximum Gasteiger partial charge on any atom is 0.490 e. The summed E-state index contributed by atoms with van der Waals surface area (Å²) >= 11 is 0. The zero-order valence-corrected chi connectivity index (χ0v) is 15.0. The molecule has 3 heterocycles. The van der Waals surface area contributed by atoms with Crippen molar-refractivity contribution in [2.24, 2.45) is 5.92 Å². The van der Waals surface area contributed by atoms with Gasteiger partial charge in [-0.2, -0.15) is 13.2 Å². The summed E-state index contributed by atoms with van der Waals surface area (Å²) in [5.41, 5.74) is 4.00. The van der Waals surface area contributed by atoms with Crippen LogP contribution < -0.4 is 0 Å². The highest BCUT2D eigenvalue weighted by atomic mass is 19.4. The molecule has 4 rings (SSSR count). The Bertz CT molecular complexity index is 659. The zero-order chi connectivity index (χ0) is 19.4. The normalized spacial score (nSPS) is 23.1. The lowest BCUT2D eigenvalue weighted by atomic mass is 9.96. The van der Waals surface area contributed by atoms with Crippen LogP contribution in [0.5, 0.6) is 0 Å². The molecule has 3 aliphatic rings. The average Bonchev–Trinajstić information content (AvgIpc) is 3.32. The second-order valence-corrected chi connectivity index (χ2v) is 7.29. The third-order valence-corrected chi connectivity index (χ3v) is 5.18. The van der Waals surface area contributed by atoms with Crippen LogP contribution in [-0.2, 0) is 22.4 Å². The van der Waals surface area contributed by atoms with Crippen molar-refractivity contribution < 1.29 is 27.8 Å². The van der Waals surface area contributed by atoms with Crippen molar-refractivity contribution >= 4 is 5.97 Å². The summed E-state index contributed by atoms with van der Waals surface area (Å²) in [6.07, 6.45) is 2.89. The monoisotopic (exact) mass is 387 g/mol. The van der Waals surface area contributed by atoms with Crippen LogP contribution in [0.4, 0.5) is 13.2 Å². The topological polar surface area (TPSA) is 75.5 Å². The van der Waals surface area contributed by atoms with Gasteiger partial charge in [-0.05, 0) is 37.2 Å². The number of rotatable bonds is 3. The first kappa shape index (κ1) is 20.0. The third kappa shape index (κ3) is 5.62. The number of carboxylic acid groups (broad SMARTS) is 1. The second-order valence-electron chi connectivity index (χ2n) is 7.29. The van der Waals surface area contributed by atoms with Gasteiger partial charge in [-0.15, -0.1) is 0 Å². The van der Waals surface area contributed by atoms with Crippen molar-refractivity contribution in [3.05, 3.63) is 23.3 Å². The quantitative estimate of drug-likeness (QED) is 0.859. The van der Waals surface area contributed by atoms with E-state index in [2.05, 4.69) is 14.9 Å². The summed E-state index contributed by atoms with van der Waals surface area (Å²) in [6.45, 7) is 5.37. The molecule has 1 aromatic heterocycles. The van der Waals surface area contributed by atoms with Crippen molar-refractivity contribution in [1.82, 2.24) is 14.9 Å². The van der Waals surface area contributed by atoms with E-state index in [1.165, 1.54) is 49.4 Å². The molecule has 6 nitrogen and oxygen atoms in total. The molecule has 0 radical (unpaired) electrons. The number of aromatic nitrogens is 2. The summed E-state index contributed by atoms with van der Waals surface area (Å²) in [5.74, 6) is -1.28. The van der Waals surface area contributed by atoms with Crippen LogP contribution in [0, 0.1) is 5.92 Å². The van der Waals surface area contributed by atoms with Gasteiger partial charge in [-0.1, -0.05) is 0 Å². The lowest BCUT2D eigenvalue weighted by Gasteiger charge is -2.19. The van der Waals surface area contributed by atoms with Crippen LogP contribution in [0.1, 0.15) is 42.1 Å². The van der Waals surface area contributed by atoms with Gasteiger partial charge in [-0.3, -0.25) is 0 Å². The number of carbonyl (C=O) groups is 1. The summed E-state index contributed by atoms with van der Waals surface area (Å²) in [5, 5.41) is 7.12. The van der Waals surface area contributed by atoms with E-state index < -0.39 is 12.1 Å². The molecule has 9 heteroatoms. The molecule has 1 N–H and O–H groups in total. The molecule has 0 aromatic carbocycles. The van der Waals surface area contributed by atoms with Gasteiger partial charge < -0.3 is 14.7 Å². The number of nitrogens with zero attached hydrogens (tertiary/aromatic N) is 3. The highest BCUT2D eigenvalue weighted by molar-refractivity contribution is 5.73. The Morgan fingerprint density at radius 2 is 1.93 bits per heavy atom. The predicted molar refractivity (Wildman–Crippen MR) is 90.5 cm³/mol. The molecular formula is C18H24F3N3O3. The van der Waals surface area contributed by atoms with Crippen molar-refractivity contribution in [2.75, 3.05) is 32.8 Å². The van der Waals surface area contributed by atoms with E-state index >= 15 is 0 Å².